The van der Waals surface area contributed by atoms with Gasteiger partial charge in [0.15, 0.2) is 0 Å². The van der Waals surface area contributed by atoms with Gasteiger partial charge in [-0.3, -0.25) is 14.4 Å². The first-order valence-electron chi connectivity index (χ1n) is 8.78. The van der Waals surface area contributed by atoms with E-state index in [1.807, 2.05) is 60.4 Å². The van der Waals surface area contributed by atoms with Crippen LogP contribution in [0.1, 0.15) is 37.8 Å². The highest BCUT2D eigenvalue weighted by Gasteiger charge is 2.25. The summed E-state index contributed by atoms with van der Waals surface area (Å²) >= 11 is 0. The smallest absolute Gasteiger partial charge is 0.221 e. The number of rotatable bonds is 7. The standard InChI is InChI=1S/C19H26N4O/c1-16(17-7-3-2-4-8-17)21-19(24)10-14-22-12-5-9-18(22)15-23-13-6-11-20-23/h2-4,6-8,11,13,16,18H,5,9-10,12,14-15H2,1H3,(H,21,24)/t16-,18+/m0/s1. The Kier molecular flexibility index (Phi) is 5.64. The lowest BCUT2D eigenvalue weighted by atomic mass is 10.1. The zero-order valence-electron chi connectivity index (χ0n) is 14.3. The summed E-state index contributed by atoms with van der Waals surface area (Å²) in [5.74, 6) is 0.121. The molecule has 1 aromatic carbocycles. The summed E-state index contributed by atoms with van der Waals surface area (Å²) in [5, 5.41) is 7.39. The van der Waals surface area contributed by atoms with Crippen LogP contribution in [0.4, 0.5) is 0 Å². The van der Waals surface area contributed by atoms with Crippen LogP contribution in [0.15, 0.2) is 48.8 Å². The number of carbonyl (C=O) groups is 1. The fourth-order valence-corrected chi connectivity index (χ4v) is 3.40. The lowest BCUT2D eigenvalue weighted by molar-refractivity contribution is -0.122. The molecule has 0 bridgehead atoms. The monoisotopic (exact) mass is 326 g/mol. The Morgan fingerprint density at radius 2 is 2.17 bits per heavy atom. The molecule has 0 aliphatic carbocycles. The zero-order valence-corrected chi connectivity index (χ0v) is 14.3. The van der Waals surface area contributed by atoms with Gasteiger partial charge in [-0.05, 0) is 37.9 Å². The number of likely N-dealkylation sites (tertiary alicyclic amines) is 1. The molecule has 1 aliphatic rings. The summed E-state index contributed by atoms with van der Waals surface area (Å²) < 4.78 is 1.99. The van der Waals surface area contributed by atoms with Crippen LogP contribution in [0.25, 0.3) is 0 Å². The molecule has 5 nitrogen and oxygen atoms in total. The van der Waals surface area contributed by atoms with Gasteiger partial charge in [-0.25, -0.2) is 0 Å². The number of hydrogen-bond acceptors (Lipinski definition) is 3. The number of nitrogens with one attached hydrogen (secondary N) is 1. The molecule has 2 atom stereocenters. The van der Waals surface area contributed by atoms with Gasteiger partial charge in [0.1, 0.15) is 0 Å². The van der Waals surface area contributed by atoms with E-state index < -0.39 is 0 Å². The average molecular weight is 326 g/mol. The van der Waals surface area contributed by atoms with Crippen LogP contribution in [-0.4, -0.2) is 39.7 Å². The molecular formula is C19H26N4O. The summed E-state index contributed by atoms with van der Waals surface area (Å²) in [6.07, 6.45) is 6.76. The molecule has 24 heavy (non-hydrogen) atoms. The van der Waals surface area contributed by atoms with Crippen molar-refractivity contribution in [2.45, 2.75) is 44.8 Å². The van der Waals surface area contributed by atoms with E-state index >= 15 is 0 Å². The van der Waals surface area contributed by atoms with E-state index in [2.05, 4.69) is 15.3 Å². The van der Waals surface area contributed by atoms with Gasteiger partial charge in [0, 0.05) is 31.4 Å². The minimum atomic E-state index is 0.0529. The van der Waals surface area contributed by atoms with Gasteiger partial charge in [-0.1, -0.05) is 30.3 Å². The maximum absolute atomic E-state index is 12.3. The summed E-state index contributed by atoms with van der Waals surface area (Å²) in [7, 11) is 0. The average Bonchev–Trinajstić information content (AvgIpc) is 3.26. The van der Waals surface area contributed by atoms with Gasteiger partial charge in [0.25, 0.3) is 0 Å². The highest BCUT2D eigenvalue weighted by molar-refractivity contribution is 5.76. The van der Waals surface area contributed by atoms with E-state index in [0.717, 1.165) is 25.2 Å². The lowest BCUT2D eigenvalue weighted by Gasteiger charge is -2.24. The largest absolute Gasteiger partial charge is 0.350 e. The fourth-order valence-electron chi connectivity index (χ4n) is 3.40. The second kappa shape index (κ2) is 8.11. The summed E-state index contributed by atoms with van der Waals surface area (Å²) in [5.41, 5.74) is 1.14. The predicted molar refractivity (Wildman–Crippen MR) is 94.4 cm³/mol. The van der Waals surface area contributed by atoms with Crippen LogP contribution in [-0.2, 0) is 11.3 Å². The first-order chi connectivity index (χ1) is 11.7. The molecule has 0 unspecified atom stereocenters. The van der Waals surface area contributed by atoms with Gasteiger partial charge < -0.3 is 5.32 Å². The number of amides is 1. The van der Waals surface area contributed by atoms with E-state index in [1.54, 1.807) is 0 Å². The van der Waals surface area contributed by atoms with Crippen LogP contribution in [0.2, 0.25) is 0 Å². The molecule has 3 rings (SSSR count). The molecule has 128 valence electrons. The minimum Gasteiger partial charge on any atom is -0.350 e. The van der Waals surface area contributed by atoms with Crippen LogP contribution >= 0.6 is 0 Å². The molecule has 5 heteroatoms. The van der Waals surface area contributed by atoms with Gasteiger partial charge in [0.05, 0.1) is 12.6 Å². The van der Waals surface area contributed by atoms with Gasteiger partial charge in [-0.15, -0.1) is 0 Å². The number of aromatic nitrogens is 2. The van der Waals surface area contributed by atoms with Crippen molar-refractivity contribution in [1.29, 1.82) is 0 Å². The first-order valence-corrected chi connectivity index (χ1v) is 8.78. The Bertz CT molecular complexity index is 626. The number of nitrogens with zero attached hydrogens (tertiary/aromatic N) is 3. The van der Waals surface area contributed by atoms with Crippen molar-refractivity contribution in [2.75, 3.05) is 13.1 Å². The summed E-state index contributed by atoms with van der Waals surface area (Å²) in [6, 6.07) is 12.6. The molecule has 1 fully saturated rings. The van der Waals surface area contributed by atoms with E-state index in [4.69, 9.17) is 0 Å². The van der Waals surface area contributed by atoms with E-state index in [9.17, 15) is 4.79 Å². The third-order valence-electron chi connectivity index (χ3n) is 4.76. The normalized spacial score (nSPS) is 19.3. The van der Waals surface area contributed by atoms with E-state index in [-0.39, 0.29) is 11.9 Å². The summed E-state index contributed by atoms with van der Waals surface area (Å²) in [6.45, 7) is 4.84. The molecule has 2 heterocycles. The van der Waals surface area contributed by atoms with Crippen molar-refractivity contribution in [2.24, 2.45) is 0 Å². The molecule has 1 amide bonds. The van der Waals surface area contributed by atoms with Crippen LogP contribution in [0, 0.1) is 0 Å². The molecule has 1 saturated heterocycles. The third-order valence-corrected chi connectivity index (χ3v) is 4.76. The molecule has 0 saturated carbocycles. The Morgan fingerprint density at radius 1 is 1.33 bits per heavy atom. The van der Waals surface area contributed by atoms with Gasteiger partial charge >= 0.3 is 0 Å². The highest BCUT2D eigenvalue weighted by Crippen LogP contribution is 2.19. The second-order valence-corrected chi connectivity index (χ2v) is 6.51. The molecular weight excluding hydrogens is 300 g/mol. The predicted octanol–water partition coefficient (Wildman–Crippen LogP) is 2.62. The maximum Gasteiger partial charge on any atom is 0.221 e. The minimum absolute atomic E-state index is 0.0529. The van der Waals surface area contributed by atoms with Gasteiger partial charge in [-0.2, -0.15) is 5.10 Å². The van der Waals surface area contributed by atoms with Crippen molar-refractivity contribution in [3.63, 3.8) is 0 Å². The third kappa shape index (κ3) is 4.45. The molecule has 1 N–H and O–H groups in total. The quantitative estimate of drug-likeness (QED) is 0.851. The van der Waals surface area contributed by atoms with Crippen molar-refractivity contribution in [3.05, 3.63) is 54.4 Å². The van der Waals surface area contributed by atoms with Crippen LogP contribution < -0.4 is 5.32 Å². The molecule has 0 spiro atoms. The topological polar surface area (TPSA) is 50.2 Å². The van der Waals surface area contributed by atoms with Crippen molar-refractivity contribution in [1.82, 2.24) is 20.0 Å². The Balaban J connectivity index is 1.45. The number of carbonyl (C=O) groups excluding carboxylic acids is 1. The SMILES string of the molecule is C[C@H](NC(=O)CCN1CCC[C@@H]1Cn1cccn1)c1ccccc1. The second-order valence-electron chi connectivity index (χ2n) is 6.51. The van der Waals surface area contributed by atoms with E-state index in [0.29, 0.717) is 12.5 Å². The molecule has 2 aromatic rings. The molecule has 1 aliphatic heterocycles. The number of hydrogen-bond donors (Lipinski definition) is 1. The highest BCUT2D eigenvalue weighted by atomic mass is 16.1. The van der Waals surface area contributed by atoms with Crippen LogP contribution in [0.5, 0.6) is 0 Å². The number of benzene rings is 1. The van der Waals surface area contributed by atoms with Crippen molar-refractivity contribution in [3.8, 4) is 0 Å². The molecule has 0 radical (unpaired) electrons. The van der Waals surface area contributed by atoms with Crippen LogP contribution in [0.3, 0.4) is 0 Å². The maximum atomic E-state index is 12.3. The summed E-state index contributed by atoms with van der Waals surface area (Å²) in [4.78, 5) is 14.7. The Hall–Kier alpha value is -2.14. The fraction of sp³-hybridized carbons (Fsp3) is 0.474. The van der Waals surface area contributed by atoms with E-state index in [1.165, 1.54) is 12.8 Å². The zero-order chi connectivity index (χ0) is 16.8. The van der Waals surface area contributed by atoms with Gasteiger partial charge in [0.2, 0.25) is 5.91 Å². The Morgan fingerprint density at radius 3 is 2.92 bits per heavy atom. The first kappa shape index (κ1) is 16.7. The molecule has 1 aromatic heterocycles. The lowest BCUT2D eigenvalue weighted by Crippen LogP contribution is -2.37. The van der Waals surface area contributed by atoms with Crippen molar-refractivity contribution < 1.29 is 4.79 Å². The Labute approximate surface area is 143 Å². The van der Waals surface area contributed by atoms with Crippen molar-refractivity contribution >= 4 is 5.91 Å².